The topological polar surface area (TPSA) is 47.6 Å². The highest BCUT2D eigenvalue weighted by Crippen LogP contribution is 2.36. The van der Waals surface area contributed by atoms with Crippen molar-refractivity contribution in [2.24, 2.45) is 5.92 Å². The number of hydrogen-bond acceptors (Lipinski definition) is 4. The van der Waals surface area contributed by atoms with E-state index in [1.54, 1.807) is 0 Å². The van der Waals surface area contributed by atoms with E-state index in [2.05, 4.69) is 5.32 Å². The van der Waals surface area contributed by atoms with Gasteiger partial charge in [-0.15, -0.1) is 0 Å². The number of hydrogen-bond donors (Lipinski definition) is 1. The average Bonchev–Trinajstić information content (AvgIpc) is 2.93. The first-order chi connectivity index (χ1) is 9.77. The largest absolute Gasteiger partial charge is 0.378 e. The molecule has 3 heterocycles. The van der Waals surface area contributed by atoms with Crippen LogP contribution in [0.1, 0.15) is 51.4 Å². The molecule has 3 atom stereocenters. The van der Waals surface area contributed by atoms with Crippen LogP contribution in [0.2, 0.25) is 0 Å². The molecule has 0 aromatic heterocycles. The molecule has 1 spiro atoms. The van der Waals surface area contributed by atoms with E-state index >= 15 is 0 Å². The van der Waals surface area contributed by atoms with Crippen LogP contribution in [0.3, 0.4) is 0 Å². The summed E-state index contributed by atoms with van der Waals surface area (Å²) >= 11 is 0. The number of rotatable bonds is 4. The highest BCUT2D eigenvalue weighted by Gasteiger charge is 2.42. The normalized spacial score (nSPS) is 38.2. The molecule has 3 unspecified atom stereocenters. The van der Waals surface area contributed by atoms with Crippen LogP contribution in [-0.4, -0.2) is 43.8 Å². The van der Waals surface area contributed by atoms with E-state index < -0.39 is 0 Å². The zero-order valence-electron chi connectivity index (χ0n) is 12.4. The molecule has 3 rings (SSSR count). The van der Waals surface area contributed by atoms with Gasteiger partial charge in [0.15, 0.2) is 0 Å². The van der Waals surface area contributed by atoms with Crippen molar-refractivity contribution < 1.29 is 14.3 Å². The minimum Gasteiger partial charge on any atom is -0.378 e. The molecular weight excluding hydrogens is 254 g/mol. The summed E-state index contributed by atoms with van der Waals surface area (Å²) in [5, 5.41) is 3.53. The standard InChI is InChI=1S/C16H27NO3/c18-15(5-4-14-3-1-2-8-17-14)13-6-9-20-16(11-13)7-10-19-12-16/h13-14,17H,1-12H2. The Bertz CT molecular complexity index is 333. The molecule has 114 valence electrons. The molecule has 4 heteroatoms. The molecule has 0 aromatic rings. The number of ether oxygens (including phenoxy) is 2. The van der Waals surface area contributed by atoms with Crippen molar-refractivity contribution in [2.75, 3.05) is 26.4 Å². The molecule has 0 bridgehead atoms. The Morgan fingerprint density at radius 3 is 2.95 bits per heavy atom. The molecule has 0 aliphatic carbocycles. The van der Waals surface area contributed by atoms with Crippen molar-refractivity contribution >= 4 is 5.78 Å². The van der Waals surface area contributed by atoms with Gasteiger partial charge >= 0.3 is 0 Å². The van der Waals surface area contributed by atoms with E-state index in [9.17, 15) is 4.79 Å². The molecule has 4 nitrogen and oxygen atoms in total. The van der Waals surface area contributed by atoms with Gasteiger partial charge in [0, 0.05) is 38.0 Å². The Labute approximate surface area is 121 Å². The van der Waals surface area contributed by atoms with Gasteiger partial charge < -0.3 is 14.8 Å². The van der Waals surface area contributed by atoms with E-state index in [4.69, 9.17) is 9.47 Å². The van der Waals surface area contributed by atoms with Gasteiger partial charge in [0.1, 0.15) is 5.78 Å². The monoisotopic (exact) mass is 281 g/mol. The number of ketones is 1. The SMILES string of the molecule is O=C(CCC1CCCCN1)C1CCOC2(CCOC2)C1. The van der Waals surface area contributed by atoms with Crippen LogP contribution < -0.4 is 5.32 Å². The van der Waals surface area contributed by atoms with E-state index in [0.29, 0.717) is 18.4 Å². The second-order valence-electron chi connectivity index (χ2n) is 6.68. The molecule has 3 aliphatic rings. The van der Waals surface area contributed by atoms with Crippen LogP contribution >= 0.6 is 0 Å². The molecule has 3 saturated heterocycles. The molecule has 3 fully saturated rings. The summed E-state index contributed by atoms with van der Waals surface area (Å²) in [5.41, 5.74) is -0.137. The fraction of sp³-hybridized carbons (Fsp3) is 0.938. The summed E-state index contributed by atoms with van der Waals surface area (Å²) in [7, 11) is 0. The maximum Gasteiger partial charge on any atom is 0.136 e. The zero-order valence-corrected chi connectivity index (χ0v) is 12.4. The van der Waals surface area contributed by atoms with Gasteiger partial charge in [-0.05, 0) is 38.6 Å². The first-order valence-electron chi connectivity index (χ1n) is 8.25. The third kappa shape index (κ3) is 3.41. The molecule has 0 saturated carbocycles. The highest BCUT2D eigenvalue weighted by atomic mass is 16.6. The van der Waals surface area contributed by atoms with Crippen molar-refractivity contribution in [3.05, 3.63) is 0 Å². The van der Waals surface area contributed by atoms with Crippen molar-refractivity contribution in [3.63, 3.8) is 0 Å². The summed E-state index contributed by atoms with van der Waals surface area (Å²) < 4.78 is 11.4. The molecular formula is C16H27NO3. The summed E-state index contributed by atoms with van der Waals surface area (Å²) in [6.07, 6.45) is 8.32. The first-order valence-corrected chi connectivity index (χ1v) is 8.25. The highest BCUT2D eigenvalue weighted by molar-refractivity contribution is 5.81. The third-order valence-electron chi connectivity index (χ3n) is 5.17. The second-order valence-corrected chi connectivity index (χ2v) is 6.68. The van der Waals surface area contributed by atoms with Crippen molar-refractivity contribution in [1.29, 1.82) is 0 Å². The molecule has 20 heavy (non-hydrogen) atoms. The lowest BCUT2D eigenvalue weighted by molar-refractivity contribution is -0.137. The maximum atomic E-state index is 12.5. The van der Waals surface area contributed by atoms with E-state index in [1.807, 2.05) is 0 Å². The van der Waals surface area contributed by atoms with Crippen molar-refractivity contribution in [1.82, 2.24) is 5.32 Å². The van der Waals surface area contributed by atoms with Gasteiger partial charge in [-0.3, -0.25) is 4.79 Å². The first kappa shape index (κ1) is 14.5. The van der Waals surface area contributed by atoms with Gasteiger partial charge in [0.2, 0.25) is 0 Å². The number of Topliss-reactive ketones (excluding diaryl/α,β-unsaturated/α-hetero) is 1. The second kappa shape index (κ2) is 6.54. The molecule has 1 N–H and O–H groups in total. The van der Waals surface area contributed by atoms with Crippen LogP contribution in [-0.2, 0) is 14.3 Å². The van der Waals surface area contributed by atoms with Crippen molar-refractivity contribution in [2.45, 2.75) is 63.0 Å². The van der Waals surface area contributed by atoms with E-state index in [0.717, 1.165) is 51.9 Å². The number of nitrogens with one attached hydrogen (secondary N) is 1. The molecule has 0 amide bonds. The maximum absolute atomic E-state index is 12.5. The molecule has 0 aromatic carbocycles. The van der Waals surface area contributed by atoms with Crippen LogP contribution in [0, 0.1) is 5.92 Å². The zero-order chi connectivity index (χ0) is 13.8. The summed E-state index contributed by atoms with van der Waals surface area (Å²) in [4.78, 5) is 12.5. The number of carbonyl (C=O) groups excluding carboxylic acids is 1. The van der Waals surface area contributed by atoms with Gasteiger partial charge in [-0.25, -0.2) is 0 Å². The lowest BCUT2D eigenvalue weighted by Gasteiger charge is -2.36. The van der Waals surface area contributed by atoms with Gasteiger partial charge in [0.05, 0.1) is 12.2 Å². The number of carbonyl (C=O) groups is 1. The Hall–Kier alpha value is -0.450. The lowest BCUT2D eigenvalue weighted by atomic mass is 9.81. The Balaban J connectivity index is 1.46. The van der Waals surface area contributed by atoms with Crippen molar-refractivity contribution in [3.8, 4) is 0 Å². The van der Waals surface area contributed by atoms with Crippen LogP contribution in [0.15, 0.2) is 0 Å². The Morgan fingerprint density at radius 2 is 2.20 bits per heavy atom. The van der Waals surface area contributed by atoms with Gasteiger partial charge in [0.25, 0.3) is 0 Å². The number of piperidine rings is 1. The summed E-state index contributed by atoms with van der Waals surface area (Å²) in [6.45, 7) is 3.31. The lowest BCUT2D eigenvalue weighted by Crippen LogP contribution is -2.42. The fourth-order valence-electron chi connectivity index (χ4n) is 3.86. The quantitative estimate of drug-likeness (QED) is 0.857. The summed E-state index contributed by atoms with van der Waals surface area (Å²) in [5.74, 6) is 0.654. The Kier molecular flexibility index (Phi) is 4.74. The average molecular weight is 281 g/mol. The van der Waals surface area contributed by atoms with E-state index in [-0.39, 0.29) is 11.5 Å². The van der Waals surface area contributed by atoms with Crippen LogP contribution in [0.5, 0.6) is 0 Å². The van der Waals surface area contributed by atoms with Gasteiger partial charge in [-0.1, -0.05) is 6.42 Å². The predicted octanol–water partition coefficient (Wildman–Crippen LogP) is 2.06. The minimum atomic E-state index is -0.137. The third-order valence-corrected chi connectivity index (χ3v) is 5.17. The predicted molar refractivity (Wildman–Crippen MR) is 76.7 cm³/mol. The van der Waals surface area contributed by atoms with Crippen LogP contribution in [0.25, 0.3) is 0 Å². The fourth-order valence-corrected chi connectivity index (χ4v) is 3.86. The smallest absolute Gasteiger partial charge is 0.136 e. The van der Waals surface area contributed by atoms with E-state index in [1.165, 1.54) is 19.3 Å². The van der Waals surface area contributed by atoms with Crippen LogP contribution in [0.4, 0.5) is 0 Å². The summed E-state index contributed by atoms with van der Waals surface area (Å²) in [6, 6.07) is 0.566. The Morgan fingerprint density at radius 1 is 1.25 bits per heavy atom. The minimum absolute atomic E-state index is 0.137. The molecule has 0 radical (unpaired) electrons. The molecule has 3 aliphatic heterocycles. The van der Waals surface area contributed by atoms with Gasteiger partial charge in [-0.2, -0.15) is 0 Å².